The Hall–Kier alpha value is -2.00. The highest BCUT2D eigenvalue weighted by molar-refractivity contribution is 5.73. The van der Waals surface area contributed by atoms with Crippen molar-refractivity contribution < 1.29 is 29.3 Å². The lowest BCUT2D eigenvalue weighted by Crippen LogP contribution is -2.46. The van der Waals surface area contributed by atoms with Gasteiger partial charge in [-0.05, 0) is 45.3 Å². The molecule has 0 saturated carbocycles. The largest absolute Gasteiger partial charge is 0.466 e. The molecule has 4 atom stereocenters. The van der Waals surface area contributed by atoms with E-state index < -0.39 is 12.2 Å². The molecule has 4 unspecified atom stereocenters. The van der Waals surface area contributed by atoms with Gasteiger partial charge in [0, 0.05) is 19.6 Å². The molecule has 0 spiro atoms. The molecule has 3 rings (SSSR count). The molecule has 8 nitrogen and oxygen atoms in total. The van der Waals surface area contributed by atoms with Crippen LogP contribution in [-0.2, 0) is 25.6 Å². The van der Waals surface area contributed by atoms with Gasteiger partial charge < -0.3 is 25.0 Å². The summed E-state index contributed by atoms with van der Waals surface area (Å²) in [6.07, 6.45) is 0.113. The maximum absolute atomic E-state index is 11.7. The van der Waals surface area contributed by atoms with Crippen LogP contribution in [-0.4, -0.2) is 78.7 Å². The first-order chi connectivity index (χ1) is 15.0. The summed E-state index contributed by atoms with van der Waals surface area (Å²) in [5, 5.41) is 22.5. The third kappa shape index (κ3) is 8.22. The fraction of sp³-hybridized carbons (Fsp3) is 0.652. The van der Waals surface area contributed by atoms with E-state index >= 15 is 0 Å². The van der Waals surface area contributed by atoms with Crippen LogP contribution in [0, 0.1) is 11.8 Å². The lowest BCUT2D eigenvalue weighted by Gasteiger charge is -2.34. The summed E-state index contributed by atoms with van der Waals surface area (Å²) in [5.74, 6) is -1.24. The second-order valence-corrected chi connectivity index (χ2v) is 7.85. The Kier molecular flexibility index (Phi) is 10.9. The molecule has 8 heteroatoms. The fourth-order valence-electron chi connectivity index (χ4n) is 3.87. The monoisotopic (exact) mass is 436 g/mol. The quantitative estimate of drug-likeness (QED) is 0.566. The van der Waals surface area contributed by atoms with Gasteiger partial charge in [0.15, 0.2) is 0 Å². The molecule has 31 heavy (non-hydrogen) atoms. The minimum Gasteiger partial charge on any atom is -0.466 e. The molecule has 2 aliphatic rings. The third-order valence-electron chi connectivity index (χ3n) is 5.54. The van der Waals surface area contributed by atoms with Crippen LogP contribution >= 0.6 is 0 Å². The molecule has 174 valence electrons. The zero-order valence-electron chi connectivity index (χ0n) is 18.5. The number of ether oxygens (including phenoxy) is 2. The average Bonchev–Trinajstić information content (AvgIpc) is 2.75. The number of likely N-dealkylation sites (tertiary alicyclic amines) is 1. The number of benzene rings is 1. The zero-order valence-corrected chi connectivity index (χ0v) is 18.5. The van der Waals surface area contributed by atoms with E-state index in [0.29, 0.717) is 39.1 Å². The number of piperidine rings is 2. The second kappa shape index (κ2) is 13.4. The Morgan fingerprint density at radius 1 is 1.00 bits per heavy atom. The van der Waals surface area contributed by atoms with Crippen molar-refractivity contribution in [3.63, 3.8) is 0 Å². The molecule has 2 heterocycles. The van der Waals surface area contributed by atoms with E-state index in [1.54, 1.807) is 13.8 Å². The number of nitrogens with one attached hydrogen (secondary N) is 1. The number of aliphatic hydroxyl groups is 2. The maximum atomic E-state index is 11.7. The van der Waals surface area contributed by atoms with Gasteiger partial charge in [-0.3, -0.25) is 14.5 Å². The summed E-state index contributed by atoms with van der Waals surface area (Å²) < 4.78 is 9.81. The minimum absolute atomic E-state index is 0.269. The van der Waals surface area contributed by atoms with Gasteiger partial charge in [-0.2, -0.15) is 0 Å². The van der Waals surface area contributed by atoms with Crippen LogP contribution in [0.3, 0.4) is 0 Å². The number of rotatable bonds is 6. The van der Waals surface area contributed by atoms with Gasteiger partial charge >= 0.3 is 11.9 Å². The van der Waals surface area contributed by atoms with Crippen LogP contribution in [0.4, 0.5) is 0 Å². The molecule has 3 N–H and O–H groups in total. The number of β-amino-alcohol motifs (C(OH)–C–C–N with tert-alkyl or cyclic N) is 2. The van der Waals surface area contributed by atoms with Crippen LogP contribution in [0.25, 0.3) is 0 Å². The summed E-state index contributed by atoms with van der Waals surface area (Å²) in [6, 6.07) is 10.2. The predicted molar refractivity (Wildman–Crippen MR) is 116 cm³/mol. The number of carbonyl (C=O) groups is 2. The number of nitrogens with zero attached hydrogens (tertiary/aromatic N) is 1. The first-order valence-corrected chi connectivity index (χ1v) is 11.1. The van der Waals surface area contributed by atoms with Gasteiger partial charge in [0.1, 0.15) is 0 Å². The van der Waals surface area contributed by atoms with Gasteiger partial charge in [-0.25, -0.2) is 0 Å². The summed E-state index contributed by atoms with van der Waals surface area (Å²) >= 11 is 0. The topological polar surface area (TPSA) is 108 Å². The summed E-state index contributed by atoms with van der Waals surface area (Å²) in [6.45, 7) is 7.73. The fourth-order valence-corrected chi connectivity index (χ4v) is 3.87. The summed E-state index contributed by atoms with van der Waals surface area (Å²) in [4.78, 5) is 25.0. The number of hydrogen-bond donors (Lipinski definition) is 3. The van der Waals surface area contributed by atoms with E-state index in [4.69, 9.17) is 9.47 Å². The van der Waals surface area contributed by atoms with Crippen molar-refractivity contribution in [2.24, 2.45) is 11.8 Å². The first-order valence-electron chi connectivity index (χ1n) is 11.1. The summed E-state index contributed by atoms with van der Waals surface area (Å²) in [7, 11) is 0. The number of hydrogen-bond acceptors (Lipinski definition) is 8. The molecule has 0 aliphatic carbocycles. The second-order valence-electron chi connectivity index (χ2n) is 7.85. The van der Waals surface area contributed by atoms with Gasteiger partial charge in [0.05, 0.1) is 37.3 Å². The van der Waals surface area contributed by atoms with Crippen LogP contribution in [0.5, 0.6) is 0 Å². The zero-order chi connectivity index (χ0) is 22.6. The van der Waals surface area contributed by atoms with Gasteiger partial charge in [-0.15, -0.1) is 0 Å². The van der Waals surface area contributed by atoms with E-state index in [1.807, 2.05) is 18.2 Å². The lowest BCUT2D eigenvalue weighted by molar-refractivity contribution is -0.155. The molecule has 2 aliphatic heterocycles. The molecule has 0 bridgehead atoms. The molecule has 1 aromatic carbocycles. The average molecular weight is 437 g/mol. The molecule has 2 saturated heterocycles. The van der Waals surface area contributed by atoms with Crippen molar-refractivity contribution in [3.8, 4) is 0 Å². The van der Waals surface area contributed by atoms with E-state index in [1.165, 1.54) is 5.56 Å². The van der Waals surface area contributed by atoms with Gasteiger partial charge in [0.2, 0.25) is 0 Å². The first kappa shape index (κ1) is 25.3. The molecular formula is C23H36N2O6. The van der Waals surface area contributed by atoms with Crippen molar-refractivity contribution in [2.45, 2.75) is 45.4 Å². The molecule has 1 aromatic rings. The molecule has 0 aromatic heterocycles. The predicted octanol–water partition coefficient (Wildman–Crippen LogP) is 0.952. The lowest BCUT2D eigenvalue weighted by atomic mass is 9.93. The van der Waals surface area contributed by atoms with Crippen molar-refractivity contribution >= 4 is 11.9 Å². The number of aliphatic hydroxyl groups excluding tert-OH is 2. The number of esters is 2. The van der Waals surface area contributed by atoms with Crippen LogP contribution < -0.4 is 5.32 Å². The molecular weight excluding hydrogens is 400 g/mol. The Morgan fingerprint density at radius 2 is 1.61 bits per heavy atom. The van der Waals surface area contributed by atoms with Crippen LogP contribution in [0.1, 0.15) is 32.3 Å². The number of carbonyl (C=O) groups excluding carboxylic acids is 2. The van der Waals surface area contributed by atoms with Crippen molar-refractivity contribution in [1.29, 1.82) is 0 Å². The standard InChI is InChI=1S/C15H21NO3.C8H15NO3/c1-2-19-15(18)13-8-9-16(11-14(13)17)10-12-6-4-3-5-7-12;1-2-12-8(11)6-3-4-9-5-7(6)10/h3-7,13-14,17H,2,8-11H2,1H3;6-7,9-10H,2-5H2,1H3. The van der Waals surface area contributed by atoms with Gasteiger partial charge in [0.25, 0.3) is 0 Å². The Morgan fingerprint density at radius 3 is 2.16 bits per heavy atom. The third-order valence-corrected chi connectivity index (χ3v) is 5.54. The van der Waals surface area contributed by atoms with Crippen LogP contribution in [0.15, 0.2) is 30.3 Å². The van der Waals surface area contributed by atoms with E-state index in [0.717, 1.165) is 19.6 Å². The SMILES string of the molecule is CCOC(=O)C1CCN(Cc2ccccc2)CC1O.CCOC(=O)C1CCNCC1O. The highest BCUT2D eigenvalue weighted by Crippen LogP contribution is 2.21. The Balaban J connectivity index is 0.000000245. The van der Waals surface area contributed by atoms with E-state index in [-0.39, 0.29) is 23.8 Å². The van der Waals surface area contributed by atoms with Crippen molar-refractivity contribution in [2.75, 3.05) is 39.4 Å². The summed E-state index contributed by atoms with van der Waals surface area (Å²) in [5.41, 5.74) is 1.23. The highest BCUT2D eigenvalue weighted by atomic mass is 16.5. The van der Waals surface area contributed by atoms with Crippen molar-refractivity contribution in [1.82, 2.24) is 10.2 Å². The molecule has 2 fully saturated rings. The van der Waals surface area contributed by atoms with Gasteiger partial charge in [-0.1, -0.05) is 30.3 Å². The Bertz CT molecular complexity index is 671. The maximum Gasteiger partial charge on any atom is 0.311 e. The van der Waals surface area contributed by atoms with Crippen LogP contribution in [0.2, 0.25) is 0 Å². The highest BCUT2D eigenvalue weighted by Gasteiger charge is 2.33. The molecule has 0 radical (unpaired) electrons. The Labute approximate surface area is 184 Å². The molecule has 0 amide bonds. The van der Waals surface area contributed by atoms with E-state index in [9.17, 15) is 19.8 Å². The van der Waals surface area contributed by atoms with E-state index in [2.05, 4.69) is 22.3 Å². The van der Waals surface area contributed by atoms with Crippen molar-refractivity contribution in [3.05, 3.63) is 35.9 Å². The normalized spacial score (nSPS) is 26.3. The smallest absolute Gasteiger partial charge is 0.311 e. The minimum atomic E-state index is -0.628.